The molecular formula is C58H73Cl2FN8O6S. The van der Waals surface area contributed by atoms with Crippen LogP contribution < -0.4 is 32.3 Å². The van der Waals surface area contributed by atoms with Crippen molar-refractivity contribution in [2.75, 3.05) is 30.3 Å². The van der Waals surface area contributed by atoms with Gasteiger partial charge in [0.1, 0.15) is 24.2 Å². The highest BCUT2D eigenvalue weighted by atomic mass is 35.5. The average Bonchev–Trinajstić information content (AvgIpc) is 4.16. The summed E-state index contributed by atoms with van der Waals surface area (Å²) in [6, 6.07) is 25.8. The molecule has 2 saturated heterocycles. The van der Waals surface area contributed by atoms with Crippen molar-refractivity contribution in [3.63, 3.8) is 0 Å². The number of carbonyl (C=O) groups excluding carboxylic acids is 6. The van der Waals surface area contributed by atoms with Gasteiger partial charge in [0.2, 0.25) is 30.5 Å². The number of aldehydes is 1. The van der Waals surface area contributed by atoms with Crippen molar-refractivity contribution in [2.24, 2.45) is 17.1 Å². The monoisotopic (exact) mass is 1100 g/mol. The molecule has 0 radical (unpaired) electrons. The van der Waals surface area contributed by atoms with Gasteiger partial charge >= 0.3 is 0 Å². The van der Waals surface area contributed by atoms with Gasteiger partial charge in [-0.15, -0.1) is 11.3 Å². The Morgan fingerprint density at radius 3 is 2.21 bits per heavy atom. The lowest BCUT2D eigenvalue weighted by Gasteiger charge is -2.38. The van der Waals surface area contributed by atoms with Crippen molar-refractivity contribution in [1.29, 1.82) is 0 Å². The van der Waals surface area contributed by atoms with Gasteiger partial charge in [0.15, 0.2) is 0 Å². The average molecular weight is 1100 g/mol. The molecule has 18 heteroatoms. The summed E-state index contributed by atoms with van der Waals surface area (Å²) in [4.78, 5) is 76.3. The number of aromatic nitrogens is 1. The summed E-state index contributed by atoms with van der Waals surface area (Å²) in [5.74, 6) is -0.0242. The molecule has 3 heterocycles. The first-order chi connectivity index (χ1) is 36.4. The van der Waals surface area contributed by atoms with E-state index in [4.69, 9.17) is 28.9 Å². The maximum absolute atomic E-state index is 14.2. The number of carbonyl (C=O) groups is 6. The third-order valence-corrected chi connectivity index (χ3v) is 15.6. The molecule has 0 bridgehead atoms. The molecule has 4 aromatic carbocycles. The van der Waals surface area contributed by atoms with Gasteiger partial charge in [-0.25, -0.2) is 9.37 Å². The van der Waals surface area contributed by atoms with E-state index in [0.717, 1.165) is 52.9 Å². The highest BCUT2D eigenvalue weighted by Crippen LogP contribution is 2.46. The van der Waals surface area contributed by atoms with Gasteiger partial charge in [-0.05, 0) is 129 Å². The lowest BCUT2D eigenvalue weighted by atomic mass is 9.71. The molecule has 1 saturated carbocycles. The Morgan fingerprint density at radius 1 is 0.908 bits per heavy atom. The summed E-state index contributed by atoms with van der Waals surface area (Å²) in [5.41, 5.74) is 13.0. The van der Waals surface area contributed by atoms with Crippen LogP contribution in [0.3, 0.4) is 0 Å². The Balaban J connectivity index is 0.000000219. The van der Waals surface area contributed by atoms with E-state index in [2.05, 4.69) is 38.5 Å². The summed E-state index contributed by atoms with van der Waals surface area (Å²) >= 11 is 13.2. The lowest BCUT2D eigenvalue weighted by Crippen LogP contribution is -2.57. The quantitative estimate of drug-likeness (QED) is 0.0410. The molecule has 3 aliphatic rings. The molecular weight excluding hydrogens is 1030 g/mol. The normalized spacial score (nSPS) is 17.8. The van der Waals surface area contributed by atoms with Crippen molar-refractivity contribution < 1.29 is 33.2 Å². The minimum absolute atomic E-state index is 0.158. The number of nitrogens with two attached hydrogens (primary N) is 1. The summed E-state index contributed by atoms with van der Waals surface area (Å²) in [6.07, 6.45) is 11.5. The standard InChI is InChI=1S/C27H39N5O3S.C16H21ClFN.C8H7NO2.C7H6ClNO/c1-18-23(36-17-30-18)20-12-10-19(11-13-20)16-29-25(34)21-8-7-15-32(21)26(35)24(27(2,3)4)31-22(33)9-5-6-14-28;1-11-13(12-6-5-7-14(17)15(12)18)10-19-16(11)8-3-2-4-9-16;10-5-7-1-3-8(4-2-7)9-6-11;8-6-2-1-3-7(4-6)9-5-10/h10-13,17,21,24H,5-9,14-16,28H2,1-4H3,(H,29,34)(H,31,33);5-7,11,13,19H,2-4,8-10H2,1H3;1-6H,(H,9,11);1-5H,(H,9,10). The van der Waals surface area contributed by atoms with Crippen LogP contribution in [0.2, 0.25) is 10.0 Å². The molecule has 4 unspecified atom stereocenters. The Kier molecular flexibility index (Phi) is 24.0. The number of amides is 5. The number of benzene rings is 4. The van der Waals surface area contributed by atoms with Crippen LogP contribution in [0.1, 0.15) is 125 Å². The fourth-order valence-corrected chi connectivity index (χ4v) is 11.0. The first kappa shape index (κ1) is 60.8. The number of hydrogen-bond donors (Lipinski definition) is 6. The van der Waals surface area contributed by atoms with E-state index in [0.29, 0.717) is 79.6 Å². The Bertz CT molecular complexity index is 2680. The number of unbranched alkanes of at least 4 members (excludes halogenated alkanes) is 1. The molecule has 76 heavy (non-hydrogen) atoms. The molecule has 5 aromatic rings. The maximum Gasteiger partial charge on any atom is 0.246 e. The molecule has 3 fully saturated rings. The predicted molar refractivity (Wildman–Crippen MR) is 303 cm³/mol. The number of nitrogens with one attached hydrogen (secondary N) is 5. The fourth-order valence-electron chi connectivity index (χ4n) is 9.85. The summed E-state index contributed by atoms with van der Waals surface area (Å²) < 4.78 is 14.2. The molecule has 8 rings (SSSR count). The topological polar surface area (TPSA) is 205 Å². The van der Waals surface area contributed by atoms with Gasteiger partial charge in [0.05, 0.1) is 21.1 Å². The predicted octanol–water partition coefficient (Wildman–Crippen LogP) is 10.9. The van der Waals surface area contributed by atoms with Gasteiger partial charge in [-0.3, -0.25) is 28.8 Å². The molecule has 7 N–H and O–H groups in total. The fraction of sp³-hybridized carbons (Fsp3) is 0.431. The van der Waals surface area contributed by atoms with E-state index >= 15 is 0 Å². The zero-order chi connectivity index (χ0) is 55.3. The zero-order valence-corrected chi connectivity index (χ0v) is 46.5. The molecule has 2 aliphatic heterocycles. The van der Waals surface area contributed by atoms with Crippen molar-refractivity contribution in [1.82, 2.24) is 25.8 Å². The van der Waals surface area contributed by atoms with Gasteiger partial charge in [0.25, 0.3) is 0 Å². The molecule has 4 atom stereocenters. The van der Waals surface area contributed by atoms with Gasteiger partial charge in [-0.1, -0.05) is 113 Å². The van der Waals surface area contributed by atoms with E-state index in [9.17, 15) is 33.2 Å². The largest absolute Gasteiger partial charge is 0.350 e. The third-order valence-electron chi connectivity index (χ3n) is 14.1. The number of likely N-dealkylation sites (tertiary alicyclic amines) is 1. The summed E-state index contributed by atoms with van der Waals surface area (Å²) in [6.45, 7) is 12.4. The second-order valence-electron chi connectivity index (χ2n) is 20.4. The summed E-state index contributed by atoms with van der Waals surface area (Å²) in [7, 11) is 0. The van der Waals surface area contributed by atoms with Crippen LogP contribution in [0.4, 0.5) is 15.8 Å². The van der Waals surface area contributed by atoms with Crippen molar-refractivity contribution in [3.8, 4) is 10.4 Å². The maximum atomic E-state index is 14.2. The van der Waals surface area contributed by atoms with Crippen molar-refractivity contribution >= 4 is 82.7 Å². The molecule has 1 aromatic heterocycles. The van der Waals surface area contributed by atoms with Crippen molar-refractivity contribution in [2.45, 2.75) is 129 Å². The van der Waals surface area contributed by atoms with Gasteiger partial charge < -0.3 is 37.2 Å². The lowest BCUT2D eigenvalue weighted by molar-refractivity contribution is -0.143. The smallest absolute Gasteiger partial charge is 0.246 e. The number of anilines is 2. The number of nitrogens with zero attached hydrogens (tertiary/aromatic N) is 2. The zero-order valence-electron chi connectivity index (χ0n) is 44.1. The Hall–Kier alpha value is -6.04. The molecule has 5 amide bonds. The third kappa shape index (κ3) is 17.5. The van der Waals surface area contributed by atoms with E-state index < -0.39 is 17.5 Å². The van der Waals surface area contributed by atoms with E-state index in [-0.39, 0.29) is 40.0 Å². The van der Waals surface area contributed by atoms with Crippen molar-refractivity contribution in [3.05, 3.63) is 135 Å². The van der Waals surface area contributed by atoms with E-state index in [1.54, 1.807) is 70.8 Å². The van der Waals surface area contributed by atoms with Gasteiger partial charge in [0, 0.05) is 59.5 Å². The minimum Gasteiger partial charge on any atom is -0.350 e. The highest BCUT2D eigenvalue weighted by Gasteiger charge is 2.47. The van der Waals surface area contributed by atoms with Gasteiger partial charge in [-0.2, -0.15) is 0 Å². The Labute approximate surface area is 460 Å². The molecule has 408 valence electrons. The van der Waals surface area contributed by atoms with E-state index in [1.807, 2.05) is 69.6 Å². The first-order valence-corrected chi connectivity index (χ1v) is 27.6. The molecule has 1 aliphatic carbocycles. The van der Waals surface area contributed by atoms with Crippen LogP contribution >= 0.6 is 34.5 Å². The summed E-state index contributed by atoms with van der Waals surface area (Å²) in [5, 5.41) is 15.4. The number of thiazole rings is 1. The number of aryl methyl sites for hydroxylation is 1. The van der Waals surface area contributed by atoms with E-state index in [1.165, 1.54) is 32.1 Å². The molecule has 14 nitrogen and oxygen atoms in total. The second kappa shape index (κ2) is 30.0. The second-order valence-corrected chi connectivity index (χ2v) is 22.1. The first-order valence-electron chi connectivity index (χ1n) is 25.9. The van der Waals surface area contributed by atoms with Crippen LogP contribution in [0, 0.1) is 24.1 Å². The Morgan fingerprint density at radius 2 is 1.59 bits per heavy atom. The van der Waals surface area contributed by atoms with Crippen LogP contribution in [0.15, 0.2) is 96.5 Å². The number of halogens is 3. The number of rotatable bonds is 16. The highest BCUT2D eigenvalue weighted by molar-refractivity contribution is 7.13. The van der Waals surface area contributed by atoms with Crippen LogP contribution in [-0.2, 0) is 30.5 Å². The van der Waals surface area contributed by atoms with Crippen LogP contribution in [-0.4, -0.2) is 84.0 Å². The molecule has 1 spiro atoms. The van der Waals surface area contributed by atoms with Crippen LogP contribution in [0.5, 0.6) is 0 Å². The number of hydrogen-bond acceptors (Lipinski definition) is 10. The van der Waals surface area contributed by atoms with Crippen LogP contribution in [0.25, 0.3) is 10.4 Å². The minimum atomic E-state index is -0.695. The SMILES string of the molecule is CC1C(c2cccc(Cl)c2F)CNC12CCCCC2.Cc1ncsc1-c1ccc(CNC(=O)C2CCCN2C(=O)C(NC(=O)CCCCN)C(C)(C)C)cc1.O=CNc1ccc(C=O)cc1.O=CNc1cccc(Cl)c1.